The Labute approximate surface area is 137 Å². The van der Waals surface area contributed by atoms with Gasteiger partial charge in [-0.2, -0.15) is 5.10 Å². The molecule has 126 valence electrons. The third-order valence-electron chi connectivity index (χ3n) is 4.88. The van der Waals surface area contributed by atoms with Gasteiger partial charge in [0.15, 0.2) is 0 Å². The van der Waals surface area contributed by atoms with E-state index in [1.165, 1.54) is 0 Å². The van der Waals surface area contributed by atoms with E-state index in [9.17, 15) is 9.59 Å². The topological polar surface area (TPSA) is 58.4 Å². The summed E-state index contributed by atoms with van der Waals surface area (Å²) in [5.74, 6) is -0.0489. The number of rotatable bonds is 2. The molecule has 6 heteroatoms. The Morgan fingerprint density at radius 1 is 1.17 bits per heavy atom. The van der Waals surface area contributed by atoms with Crippen LogP contribution in [0.1, 0.15) is 63.1 Å². The minimum Gasteiger partial charge on any atom is -0.272 e. The summed E-state index contributed by atoms with van der Waals surface area (Å²) >= 11 is 0. The van der Waals surface area contributed by atoms with Gasteiger partial charge in [-0.05, 0) is 25.3 Å². The third kappa shape index (κ3) is 2.75. The molecule has 0 unspecified atom stereocenters. The molecule has 0 spiro atoms. The van der Waals surface area contributed by atoms with Gasteiger partial charge in [0.25, 0.3) is 5.91 Å². The summed E-state index contributed by atoms with van der Waals surface area (Å²) in [6, 6.07) is 1.85. The van der Waals surface area contributed by atoms with Gasteiger partial charge in [0.05, 0.1) is 5.69 Å². The van der Waals surface area contributed by atoms with Gasteiger partial charge in [-0.3, -0.25) is 19.3 Å². The van der Waals surface area contributed by atoms with E-state index in [2.05, 4.69) is 25.9 Å². The second-order valence-electron chi connectivity index (χ2n) is 8.06. The van der Waals surface area contributed by atoms with Gasteiger partial charge in [-0.15, -0.1) is 0 Å². The van der Waals surface area contributed by atoms with Gasteiger partial charge in [0.2, 0.25) is 5.91 Å². The van der Waals surface area contributed by atoms with Crippen LogP contribution in [0.25, 0.3) is 0 Å². The predicted octanol–water partition coefficient (Wildman–Crippen LogP) is 2.11. The van der Waals surface area contributed by atoms with Crippen molar-refractivity contribution in [2.75, 3.05) is 13.1 Å². The standard InChI is InChI=1S/C17H26N4O2/c1-16(2,3)13-11-12(19(5)18-13)14(22)20-9-6-10-21(20)15(23)17(4)7-8-17/h11H,6-10H2,1-5H3. The fraction of sp³-hybridized carbons (Fsp3) is 0.706. The second kappa shape index (κ2) is 5.08. The summed E-state index contributed by atoms with van der Waals surface area (Å²) < 4.78 is 1.63. The highest BCUT2D eigenvalue weighted by atomic mass is 16.2. The van der Waals surface area contributed by atoms with Crippen LogP contribution in [0.15, 0.2) is 6.07 Å². The third-order valence-corrected chi connectivity index (χ3v) is 4.88. The molecule has 0 bridgehead atoms. The number of aryl methyl sites for hydroxylation is 1. The van der Waals surface area contributed by atoms with Crippen LogP contribution in [0.3, 0.4) is 0 Å². The highest BCUT2D eigenvalue weighted by molar-refractivity contribution is 5.95. The van der Waals surface area contributed by atoms with E-state index < -0.39 is 0 Å². The average Bonchev–Trinajstić information content (AvgIpc) is 2.91. The summed E-state index contributed by atoms with van der Waals surface area (Å²) in [4.78, 5) is 25.6. The first kappa shape index (κ1) is 16.0. The molecule has 0 N–H and O–H groups in total. The summed E-state index contributed by atoms with van der Waals surface area (Å²) in [7, 11) is 1.78. The average molecular weight is 318 g/mol. The molecular formula is C17H26N4O2. The first-order valence-electron chi connectivity index (χ1n) is 8.32. The van der Waals surface area contributed by atoms with E-state index >= 15 is 0 Å². The number of nitrogens with zero attached hydrogens (tertiary/aromatic N) is 4. The summed E-state index contributed by atoms with van der Waals surface area (Å²) in [6.45, 7) is 9.43. The molecule has 1 aliphatic heterocycles. The van der Waals surface area contributed by atoms with Crippen molar-refractivity contribution in [3.05, 3.63) is 17.5 Å². The number of aromatic nitrogens is 2. The number of hydrogen-bond donors (Lipinski definition) is 0. The lowest BCUT2D eigenvalue weighted by Gasteiger charge is -2.30. The Hall–Kier alpha value is -1.85. The minimum atomic E-state index is -0.258. The molecular weight excluding hydrogens is 292 g/mol. The first-order valence-corrected chi connectivity index (χ1v) is 8.32. The molecule has 1 aromatic rings. The van der Waals surface area contributed by atoms with Crippen molar-refractivity contribution in [3.8, 4) is 0 Å². The van der Waals surface area contributed by atoms with E-state index in [4.69, 9.17) is 0 Å². The van der Waals surface area contributed by atoms with Crippen LogP contribution in [-0.2, 0) is 17.3 Å². The maximum absolute atomic E-state index is 12.9. The zero-order chi connectivity index (χ0) is 17.0. The molecule has 1 saturated heterocycles. The molecule has 23 heavy (non-hydrogen) atoms. The Morgan fingerprint density at radius 3 is 2.30 bits per heavy atom. The molecule has 2 amide bonds. The monoisotopic (exact) mass is 318 g/mol. The smallest absolute Gasteiger partial charge is 0.272 e. The zero-order valence-electron chi connectivity index (χ0n) is 14.7. The summed E-state index contributed by atoms with van der Waals surface area (Å²) in [6.07, 6.45) is 2.67. The largest absolute Gasteiger partial charge is 0.290 e. The lowest BCUT2D eigenvalue weighted by molar-refractivity contribution is -0.146. The molecule has 2 heterocycles. The van der Waals surface area contributed by atoms with Crippen LogP contribution < -0.4 is 0 Å². The highest BCUT2D eigenvalue weighted by Crippen LogP contribution is 2.47. The van der Waals surface area contributed by atoms with Gasteiger partial charge in [-0.1, -0.05) is 27.7 Å². The van der Waals surface area contributed by atoms with Crippen LogP contribution in [-0.4, -0.2) is 44.7 Å². The number of carbonyl (C=O) groups excluding carboxylic acids is 2. The number of carbonyl (C=O) groups is 2. The SMILES string of the molecule is Cn1nc(C(C)(C)C)cc1C(=O)N1CCCN1C(=O)C1(C)CC1. The molecule has 0 aromatic carbocycles. The molecule has 1 saturated carbocycles. The summed E-state index contributed by atoms with van der Waals surface area (Å²) in [5, 5.41) is 7.73. The fourth-order valence-electron chi connectivity index (χ4n) is 2.91. The van der Waals surface area contributed by atoms with Crippen LogP contribution in [0, 0.1) is 5.41 Å². The maximum atomic E-state index is 12.9. The Morgan fingerprint density at radius 2 is 1.78 bits per heavy atom. The lowest BCUT2D eigenvalue weighted by atomic mass is 9.92. The van der Waals surface area contributed by atoms with Crippen molar-refractivity contribution in [2.45, 2.75) is 52.4 Å². The van der Waals surface area contributed by atoms with Crippen molar-refractivity contribution in [1.82, 2.24) is 19.8 Å². The predicted molar refractivity (Wildman–Crippen MR) is 86.6 cm³/mol. The van der Waals surface area contributed by atoms with Gasteiger partial charge >= 0.3 is 0 Å². The van der Waals surface area contributed by atoms with Gasteiger partial charge in [-0.25, -0.2) is 5.01 Å². The van der Waals surface area contributed by atoms with Crippen LogP contribution in [0.4, 0.5) is 0 Å². The van der Waals surface area contributed by atoms with E-state index in [-0.39, 0.29) is 22.6 Å². The molecule has 0 atom stereocenters. The second-order valence-corrected chi connectivity index (χ2v) is 8.06. The van der Waals surface area contributed by atoms with Crippen LogP contribution >= 0.6 is 0 Å². The molecule has 3 rings (SSSR count). The Bertz CT molecular complexity index is 652. The molecule has 2 aliphatic rings. The number of hydrazine groups is 1. The maximum Gasteiger partial charge on any atom is 0.290 e. The van der Waals surface area contributed by atoms with Crippen molar-refractivity contribution in [1.29, 1.82) is 0 Å². The molecule has 6 nitrogen and oxygen atoms in total. The zero-order valence-corrected chi connectivity index (χ0v) is 14.7. The van der Waals surface area contributed by atoms with E-state index in [1.54, 1.807) is 21.7 Å². The van der Waals surface area contributed by atoms with Crippen molar-refractivity contribution >= 4 is 11.8 Å². The van der Waals surface area contributed by atoms with Crippen molar-refractivity contribution in [3.63, 3.8) is 0 Å². The molecule has 2 fully saturated rings. The Kier molecular flexibility index (Phi) is 3.54. The van der Waals surface area contributed by atoms with Crippen molar-refractivity contribution in [2.24, 2.45) is 12.5 Å². The first-order chi connectivity index (χ1) is 10.6. The van der Waals surface area contributed by atoms with Crippen molar-refractivity contribution < 1.29 is 9.59 Å². The summed E-state index contributed by atoms with van der Waals surface area (Å²) in [5.41, 5.74) is 1.05. The highest BCUT2D eigenvalue weighted by Gasteiger charge is 2.50. The Balaban J connectivity index is 1.85. The van der Waals surface area contributed by atoms with E-state index in [0.29, 0.717) is 18.8 Å². The number of amides is 2. The van der Waals surface area contributed by atoms with Crippen LogP contribution in [0.5, 0.6) is 0 Å². The van der Waals surface area contributed by atoms with Gasteiger partial charge < -0.3 is 0 Å². The van der Waals surface area contributed by atoms with E-state index in [1.807, 2.05) is 13.0 Å². The fourth-order valence-corrected chi connectivity index (χ4v) is 2.91. The van der Waals surface area contributed by atoms with E-state index in [0.717, 1.165) is 25.0 Å². The van der Waals surface area contributed by atoms with Gasteiger partial charge in [0.1, 0.15) is 5.69 Å². The molecule has 1 aromatic heterocycles. The number of hydrogen-bond acceptors (Lipinski definition) is 3. The molecule has 1 aliphatic carbocycles. The normalized spacial score (nSPS) is 20.0. The van der Waals surface area contributed by atoms with Gasteiger partial charge in [0, 0.05) is 31.0 Å². The van der Waals surface area contributed by atoms with Crippen LogP contribution in [0.2, 0.25) is 0 Å². The molecule has 0 radical (unpaired) electrons. The quantitative estimate of drug-likeness (QED) is 0.839. The lowest BCUT2D eigenvalue weighted by Crippen LogP contribution is -2.47. The minimum absolute atomic E-state index is 0.0848.